The number of amides is 2. The van der Waals surface area contributed by atoms with E-state index in [9.17, 15) is 9.59 Å². The Labute approximate surface area is 169 Å². The number of aromatic nitrogens is 1. The Bertz CT molecular complexity index is 848. The number of hydrogen-bond donors (Lipinski definition) is 1. The molecule has 3 rings (SSSR count). The number of benzene rings is 1. The van der Waals surface area contributed by atoms with Crippen molar-refractivity contribution in [1.82, 2.24) is 9.88 Å². The van der Waals surface area contributed by atoms with Gasteiger partial charge in [0.2, 0.25) is 11.8 Å². The van der Waals surface area contributed by atoms with Crippen LogP contribution in [0.1, 0.15) is 24.0 Å². The van der Waals surface area contributed by atoms with Crippen molar-refractivity contribution in [3.63, 3.8) is 0 Å². The number of anilines is 1. The van der Waals surface area contributed by atoms with Crippen LogP contribution in [-0.4, -0.2) is 48.5 Å². The van der Waals surface area contributed by atoms with Crippen LogP contribution in [0.15, 0.2) is 42.6 Å². The Hall–Kier alpha value is -2.44. The molecule has 7 heteroatoms. The number of aryl methyl sites for hydroxylation is 1. The van der Waals surface area contributed by atoms with E-state index in [1.807, 2.05) is 25.1 Å². The number of ether oxygens (including phenoxy) is 1. The maximum absolute atomic E-state index is 13.4. The number of nitrogens with one attached hydrogen (secondary N) is 1. The molecule has 2 aromatic rings. The molecule has 1 aliphatic rings. The van der Waals surface area contributed by atoms with Gasteiger partial charge in [0.1, 0.15) is 5.82 Å². The number of carbonyl (C=O) groups is 2. The molecule has 1 aromatic heterocycles. The Balaban J connectivity index is 1.75. The highest BCUT2D eigenvalue weighted by Crippen LogP contribution is 2.37. The van der Waals surface area contributed by atoms with Crippen LogP contribution in [0.3, 0.4) is 0 Å². The second kappa shape index (κ2) is 8.71. The van der Waals surface area contributed by atoms with E-state index in [1.54, 1.807) is 31.4 Å². The molecule has 0 radical (unpaired) electrons. The van der Waals surface area contributed by atoms with Crippen molar-refractivity contribution in [1.29, 1.82) is 0 Å². The smallest absolute Gasteiger partial charge is 0.245 e. The SMILES string of the molecule is Cc1ccnc(NC(=O)CN(C)C(=O)C2(c3ccc(Cl)cc3)CCOCC2)c1. The Morgan fingerprint density at radius 2 is 1.89 bits per heavy atom. The predicted molar refractivity (Wildman–Crippen MR) is 108 cm³/mol. The molecule has 1 N–H and O–H groups in total. The molecule has 2 amide bonds. The third-order valence-electron chi connectivity index (χ3n) is 5.06. The van der Waals surface area contributed by atoms with Gasteiger partial charge in [0, 0.05) is 31.5 Å². The highest BCUT2D eigenvalue weighted by atomic mass is 35.5. The van der Waals surface area contributed by atoms with E-state index in [1.165, 1.54) is 4.90 Å². The van der Waals surface area contributed by atoms with Gasteiger partial charge < -0.3 is 15.0 Å². The van der Waals surface area contributed by atoms with E-state index < -0.39 is 5.41 Å². The largest absolute Gasteiger partial charge is 0.381 e. The average Bonchev–Trinajstić information content (AvgIpc) is 2.68. The Kier molecular flexibility index (Phi) is 6.31. The standard InChI is InChI=1S/C21H24ClN3O3/c1-15-7-10-23-18(13-15)24-19(26)14-25(2)20(27)21(8-11-28-12-9-21)16-3-5-17(22)6-4-16/h3-7,10,13H,8-9,11-12,14H2,1-2H3,(H,23,24,26). The van der Waals surface area contributed by atoms with Crippen molar-refractivity contribution < 1.29 is 14.3 Å². The number of nitrogens with zero attached hydrogens (tertiary/aromatic N) is 2. The van der Waals surface area contributed by atoms with Crippen LogP contribution in [0.25, 0.3) is 0 Å². The summed E-state index contributed by atoms with van der Waals surface area (Å²) in [6, 6.07) is 11.0. The van der Waals surface area contributed by atoms with Crippen molar-refractivity contribution >= 4 is 29.2 Å². The third-order valence-corrected chi connectivity index (χ3v) is 5.31. The molecule has 0 spiro atoms. The highest BCUT2D eigenvalue weighted by molar-refractivity contribution is 6.30. The molecule has 0 unspecified atom stereocenters. The van der Waals surface area contributed by atoms with E-state index in [-0.39, 0.29) is 18.4 Å². The molecule has 1 saturated heterocycles. The van der Waals surface area contributed by atoms with Crippen molar-refractivity contribution in [3.8, 4) is 0 Å². The summed E-state index contributed by atoms with van der Waals surface area (Å²) in [6.45, 7) is 2.88. The Morgan fingerprint density at radius 1 is 1.21 bits per heavy atom. The van der Waals surface area contributed by atoms with E-state index in [4.69, 9.17) is 16.3 Å². The van der Waals surface area contributed by atoms with Crippen molar-refractivity contribution in [2.24, 2.45) is 0 Å². The summed E-state index contributed by atoms with van der Waals surface area (Å²) >= 11 is 6.02. The fourth-order valence-electron chi connectivity index (χ4n) is 3.55. The zero-order valence-electron chi connectivity index (χ0n) is 16.1. The zero-order valence-corrected chi connectivity index (χ0v) is 16.8. The minimum Gasteiger partial charge on any atom is -0.381 e. The number of rotatable bonds is 5. The molecule has 6 nitrogen and oxygen atoms in total. The molecule has 2 heterocycles. The summed E-state index contributed by atoms with van der Waals surface area (Å²) < 4.78 is 5.49. The predicted octanol–water partition coefficient (Wildman–Crippen LogP) is 3.19. The maximum Gasteiger partial charge on any atom is 0.245 e. The molecule has 148 valence electrons. The Morgan fingerprint density at radius 3 is 2.54 bits per heavy atom. The topological polar surface area (TPSA) is 71.5 Å². The molecular formula is C21H24ClN3O3. The highest BCUT2D eigenvalue weighted by Gasteiger charge is 2.43. The van der Waals surface area contributed by atoms with E-state index in [2.05, 4.69) is 10.3 Å². The monoisotopic (exact) mass is 401 g/mol. The van der Waals surface area contributed by atoms with Crippen molar-refractivity contribution in [3.05, 3.63) is 58.7 Å². The lowest BCUT2D eigenvalue weighted by atomic mass is 9.73. The van der Waals surface area contributed by atoms with Gasteiger partial charge in [-0.25, -0.2) is 4.98 Å². The van der Waals surface area contributed by atoms with Gasteiger partial charge in [0.25, 0.3) is 0 Å². The fourth-order valence-corrected chi connectivity index (χ4v) is 3.68. The first-order valence-corrected chi connectivity index (χ1v) is 9.60. The lowest BCUT2D eigenvalue weighted by Gasteiger charge is -2.39. The number of carbonyl (C=O) groups excluding carboxylic acids is 2. The van der Waals surface area contributed by atoms with Crippen LogP contribution < -0.4 is 5.32 Å². The summed E-state index contributed by atoms with van der Waals surface area (Å²) in [4.78, 5) is 31.4. The maximum atomic E-state index is 13.4. The fraction of sp³-hybridized carbons (Fsp3) is 0.381. The number of hydrogen-bond acceptors (Lipinski definition) is 4. The van der Waals surface area contributed by atoms with Gasteiger partial charge in [-0.1, -0.05) is 23.7 Å². The molecule has 0 bridgehead atoms. The van der Waals surface area contributed by atoms with Crippen LogP contribution in [-0.2, 0) is 19.7 Å². The first-order chi connectivity index (χ1) is 13.4. The molecule has 1 aliphatic heterocycles. The normalized spacial score (nSPS) is 15.7. The first kappa shape index (κ1) is 20.3. The number of pyridine rings is 1. The second-order valence-corrected chi connectivity index (χ2v) is 7.57. The van der Waals surface area contributed by atoms with Gasteiger partial charge in [-0.05, 0) is 55.2 Å². The van der Waals surface area contributed by atoms with Gasteiger partial charge in [-0.3, -0.25) is 9.59 Å². The summed E-state index contributed by atoms with van der Waals surface area (Å²) in [5, 5.41) is 3.37. The summed E-state index contributed by atoms with van der Waals surface area (Å²) in [5.74, 6) is 0.0991. The van der Waals surface area contributed by atoms with Gasteiger partial charge in [0.05, 0.1) is 12.0 Å². The van der Waals surface area contributed by atoms with Crippen LogP contribution in [0, 0.1) is 6.92 Å². The zero-order chi connectivity index (χ0) is 20.1. The van der Waals surface area contributed by atoms with Crippen molar-refractivity contribution in [2.45, 2.75) is 25.2 Å². The molecule has 1 fully saturated rings. The summed E-state index contributed by atoms with van der Waals surface area (Å²) in [7, 11) is 1.65. The van der Waals surface area contributed by atoms with Crippen LogP contribution in [0.2, 0.25) is 5.02 Å². The van der Waals surface area contributed by atoms with Crippen LogP contribution >= 0.6 is 11.6 Å². The minimum absolute atomic E-state index is 0.0509. The van der Waals surface area contributed by atoms with Gasteiger partial charge in [-0.2, -0.15) is 0 Å². The first-order valence-electron chi connectivity index (χ1n) is 9.22. The van der Waals surface area contributed by atoms with Crippen LogP contribution in [0.4, 0.5) is 5.82 Å². The van der Waals surface area contributed by atoms with Crippen molar-refractivity contribution in [2.75, 3.05) is 32.1 Å². The van der Waals surface area contributed by atoms with Gasteiger partial charge >= 0.3 is 0 Å². The third kappa shape index (κ3) is 4.51. The molecule has 0 aliphatic carbocycles. The molecule has 1 aromatic carbocycles. The second-order valence-electron chi connectivity index (χ2n) is 7.13. The molecule has 0 saturated carbocycles. The minimum atomic E-state index is -0.709. The average molecular weight is 402 g/mol. The van der Waals surface area contributed by atoms with E-state index in [0.717, 1.165) is 11.1 Å². The van der Waals surface area contributed by atoms with Crippen LogP contribution in [0.5, 0.6) is 0 Å². The molecule has 0 atom stereocenters. The summed E-state index contributed by atoms with van der Waals surface area (Å²) in [6.07, 6.45) is 2.77. The summed E-state index contributed by atoms with van der Waals surface area (Å²) in [5.41, 5.74) is 1.19. The van der Waals surface area contributed by atoms with Gasteiger partial charge in [-0.15, -0.1) is 0 Å². The molecular weight excluding hydrogens is 378 g/mol. The van der Waals surface area contributed by atoms with E-state index in [0.29, 0.717) is 36.9 Å². The molecule has 28 heavy (non-hydrogen) atoms. The lowest BCUT2D eigenvalue weighted by molar-refractivity contribution is -0.142. The van der Waals surface area contributed by atoms with Gasteiger partial charge in [0.15, 0.2) is 0 Å². The number of likely N-dealkylation sites (N-methyl/N-ethyl adjacent to an activating group) is 1. The number of halogens is 1. The lowest BCUT2D eigenvalue weighted by Crippen LogP contribution is -2.50. The van der Waals surface area contributed by atoms with E-state index >= 15 is 0 Å². The quantitative estimate of drug-likeness (QED) is 0.835.